The molecule has 3 heterocycles. The lowest BCUT2D eigenvalue weighted by Crippen LogP contribution is -2.12. The Balaban J connectivity index is 1.67. The predicted octanol–water partition coefficient (Wildman–Crippen LogP) is 3.28. The van der Waals surface area contributed by atoms with Crippen LogP contribution in [0.25, 0.3) is 16.8 Å². The van der Waals surface area contributed by atoms with Crippen LogP contribution >= 0.6 is 0 Å². The Morgan fingerprint density at radius 3 is 2.72 bits per heavy atom. The summed E-state index contributed by atoms with van der Waals surface area (Å²) in [4.78, 5) is 36.1. The second-order valence-corrected chi connectivity index (χ2v) is 6.42. The van der Waals surface area contributed by atoms with Crippen molar-refractivity contribution in [3.8, 4) is 11.3 Å². The van der Waals surface area contributed by atoms with E-state index in [1.54, 1.807) is 48.8 Å². The maximum Gasteiger partial charge on any atom is 0.256 e. The van der Waals surface area contributed by atoms with Crippen LogP contribution in [-0.4, -0.2) is 31.2 Å². The Kier molecular flexibility index (Phi) is 4.97. The average molecular weight is 383 g/mol. The van der Waals surface area contributed by atoms with Crippen LogP contribution in [0.5, 0.6) is 0 Å². The third-order valence-electron chi connectivity index (χ3n) is 4.49. The topological polar surface area (TPSA) is 89.2 Å². The van der Waals surface area contributed by atoms with Gasteiger partial charge in [0, 0.05) is 41.7 Å². The van der Waals surface area contributed by atoms with E-state index in [1.807, 2.05) is 29.5 Å². The zero-order valence-corrected chi connectivity index (χ0v) is 15.7. The zero-order chi connectivity index (χ0) is 20.2. The minimum absolute atomic E-state index is 0.237. The molecule has 0 aliphatic rings. The van der Waals surface area contributed by atoms with Gasteiger partial charge in [0.15, 0.2) is 0 Å². The number of hydrogen-bond donors (Lipinski definition) is 1. The normalized spacial score (nSPS) is 10.5. The number of nitrogens with zero attached hydrogens (tertiary/aromatic N) is 4. The lowest BCUT2D eigenvalue weighted by atomic mass is 10.1. The second kappa shape index (κ2) is 7.88. The van der Waals surface area contributed by atoms with Gasteiger partial charge in [-0.2, -0.15) is 0 Å². The summed E-state index contributed by atoms with van der Waals surface area (Å²) in [5.74, 6) is 2.79. The summed E-state index contributed by atoms with van der Waals surface area (Å²) in [6.07, 6.45) is 6.89. The molecule has 7 nitrogen and oxygen atoms in total. The summed E-state index contributed by atoms with van der Waals surface area (Å²) in [5, 5.41) is 2.76. The van der Waals surface area contributed by atoms with Gasteiger partial charge in [-0.3, -0.25) is 14.2 Å². The van der Waals surface area contributed by atoms with Crippen LogP contribution in [0.3, 0.4) is 0 Å². The monoisotopic (exact) mass is 383 g/mol. The molecule has 29 heavy (non-hydrogen) atoms. The lowest BCUT2D eigenvalue weighted by Gasteiger charge is -2.05. The van der Waals surface area contributed by atoms with E-state index < -0.39 is 0 Å². The maximum atomic E-state index is 12.4. The van der Waals surface area contributed by atoms with E-state index in [9.17, 15) is 9.59 Å². The molecule has 0 bridgehead atoms. The number of allylic oxidation sites excluding steroid dienone is 1. The first kappa shape index (κ1) is 18.3. The number of pyridine rings is 1. The van der Waals surface area contributed by atoms with E-state index in [0.717, 1.165) is 28.3 Å². The molecule has 7 heteroatoms. The number of amides is 1. The molecule has 1 N–H and O–H groups in total. The average Bonchev–Trinajstić information content (AvgIpc) is 3.13. The number of imidazole rings is 1. The van der Waals surface area contributed by atoms with Crippen LogP contribution in [0.4, 0.5) is 5.82 Å². The molecule has 4 aromatic rings. The molecule has 0 spiro atoms. The number of anilines is 1. The molecule has 3 aromatic heterocycles. The fourth-order valence-electron chi connectivity index (χ4n) is 3.15. The van der Waals surface area contributed by atoms with Crippen LogP contribution < -0.4 is 5.32 Å². The summed E-state index contributed by atoms with van der Waals surface area (Å²) in [7, 11) is 0. The molecule has 142 valence electrons. The maximum absolute atomic E-state index is 12.4. The zero-order valence-electron chi connectivity index (χ0n) is 15.7. The van der Waals surface area contributed by atoms with Crippen molar-refractivity contribution in [2.75, 3.05) is 5.32 Å². The summed E-state index contributed by atoms with van der Waals surface area (Å²) in [6, 6.07) is 12.5. The molecule has 0 saturated carbocycles. The number of aromatic nitrogens is 4. The van der Waals surface area contributed by atoms with Crippen molar-refractivity contribution in [3.63, 3.8) is 0 Å². The highest BCUT2D eigenvalue weighted by molar-refractivity contribution is 6.04. The van der Waals surface area contributed by atoms with Crippen LogP contribution in [0.1, 0.15) is 21.9 Å². The quantitative estimate of drug-likeness (QED) is 0.534. The number of carbonyl (C=O) groups is 1. The first-order valence-corrected chi connectivity index (χ1v) is 9.01. The molecule has 0 fully saturated rings. The van der Waals surface area contributed by atoms with E-state index in [4.69, 9.17) is 4.98 Å². The Bertz CT molecular complexity index is 1220. The fourth-order valence-corrected chi connectivity index (χ4v) is 3.15. The number of hydrogen-bond acceptors (Lipinski definition) is 5. The van der Waals surface area contributed by atoms with E-state index in [0.29, 0.717) is 17.8 Å². The SMILES string of the molecule is Cc1cncc2c(-c3ccc(C(=O)Nc4ccccn4)cc3)nc(CC=C=O)n12. The lowest BCUT2D eigenvalue weighted by molar-refractivity contribution is 0.102. The molecule has 0 unspecified atom stereocenters. The Hall–Kier alpha value is -4.09. The van der Waals surface area contributed by atoms with E-state index >= 15 is 0 Å². The Labute approximate surface area is 166 Å². The second-order valence-electron chi connectivity index (χ2n) is 6.42. The fraction of sp³-hybridized carbons (Fsp3) is 0.0909. The van der Waals surface area contributed by atoms with Crippen LogP contribution in [-0.2, 0) is 11.2 Å². The van der Waals surface area contributed by atoms with Gasteiger partial charge in [0.2, 0.25) is 0 Å². The van der Waals surface area contributed by atoms with E-state index in [2.05, 4.69) is 15.3 Å². The molecule has 4 rings (SSSR count). The smallest absolute Gasteiger partial charge is 0.256 e. The Morgan fingerprint density at radius 1 is 1.17 bits per heavy atom. The molecule has 0 saturated heterocycles. The molecular formula is C22H17N5O2. The number of carbonyl (C=O) groups excluding carboxylic acids is 2. The molecular weight excluding hydrogens is 366 g/mol. The van der Waals surface area contributed by atoms with Crippen LogP contribution in [0, 0.1) is 6.92 Å². The molecule has 0 aliphatic heterocycles. The van der Waals surface area contributed by atoms with Crippen molar-refractivity contribution in [1.82, 2.24) is 19.4 Å². The Morgan fingerprint density at radius 2 is 2.00 bits per heavy atom. The first-order chi connectivity index (χ1) is 14.2. The summed E-state index contributed by atoms with van der Waals surface area (Å²) >= 11 is 0. The molecule has 1 aromatic carbocycles. The van der Waals surface area contributed by atoms with E-state index in [-0.39, 0.29) is 5.91 Å². The summed E-state index contributed by atoms with van der Waals surface area (Å²) in [5.41, 5.74) is 3.87. The van der Waals surface area contributed by atoms with Gasteiger partial charge in [-0.25, -0.2) is 14.8 Å². The number of aryl methyl sites for hydroxylation is 1. The van der Waals surface area contributed by atoms with Gasteiger partial charge in [-0.1, -0.05) is 18.2 Å². The first-order valence-electron chi connectivity index (χ1n) is 9.01. The standard InChI is InChI=1S/C22H17N5O2/c1-15-13-23-14-18-21(26-20(27(15)18)6-4-12-28)16-7-9-17(10-8-16)22(29)25-19-5-2-3-11-24-19/h2-5,7-11,13-14H,6H2,1H3,(H,24,25,29). The highest BCUT2D eigenvalue weighted by atomic mass is 16.1. The largest absolute Gasteiger partial charge is 0.307 e. The number of fused-ring (bicyclic) bond motifs is 1. The number of nitrogens with one attached hydrogen (secondary N) is 1. The van der Waals surface area contributed by atoms with Crippen molar-refractivity contribution in [2.45, 2.75) is 13.3 Å². The van der Waals surface area contributed by atoms with Crippen molar-refractivity contribution in [3.05, 3.63) is 84.2 Å². The van der Waals surface area contributed by atoms with Crippen molar-refractivity contribution < 1.29 is 9.59 Å². The molecule has 1 amide bonds. The third kappa shape index (κ3) is 3.67. The van der Waals surface area contributed by atoms with Gasteiger partial charge < -0.3 is 5.32 Å². The minimum atomic E-state index is -0.237. The molecule has 0 aliphatic carbocycles. The van der Waals surface area contributed by atoms with Crippen molar-refractivity contribution in [1.29, 1.82) is 0 Å². The van der Waals surface area contributed by atoms with Crippen molar-refractivity contribution in [2.24, 2.45) is 0 Å². The van der Waals surface area contributed by atoms with Crippen molar-refractivity contribution >= 4 is 23.2 Å². The van der Waals surface area contributed by atoms with Crippen LogP contribution in [0.15, 0.2) is 67.1 Å². The minimum Gasteiger partial charge on any atom is -0.307 e. The van der Waals surface area contributed by atoms with Crippen LogP contribution in [0.2, 0.25) is 0 Å². The van der Waals surface area contributed by atoms with E-state index in [1.165, 1.54) is 6.08 Å². The third-order valence-corrected chi connectivity index (χ3v) is 4.49. The summed E-state index contributed by atoms with van der Waals surface area (Å²) < 4.78 is 1.97. The van der Waals surface area contributed by atoms with Gasteiger partial charge in [-0.05, 0) is 31.2 Å². The predicted molar refractivity (Wildman–Crippen MR) is 109 cm³/mol. The summed E-state index contributed by atoms with van der Waals surface area (Å²) in [6.45, 7) is 1.94. The number of rotatable bonds is 5. The molecule has 0 radical (unpaired) electrons. The van der Waals surface area contributed by atoms with Gasteiger partial charge in [0.25, 0.3) is 5.91 Å². The van der Waals surface area contributed by atoms with Gasteiger partial charge in [0.05, 0.1) is 17.4 Å². The highest BCUT2D eigenvalue weighted by Gasteiger charge is 2.15. The number of benzene rings is 1. The highest BCUT2D eigenvalue weighted by Crippen LogP contribution is 2.26. The van der Waals surface area contributed by atoms with Gasteiger partial charge >= 0.3 is 0 Å². The van der Waals surface area contributed by atoms with Gasteiger partial charge in [0.1, 0.15) is 17.6 Å². The molecule has 0 atom stereocenters. The van der Waals surface area contributed by atoms with Gasteiger partial charge in [-0.15, -0.1) is 0 Å².